The quantitative estimate of drug-likeness (QED) is 0.712. The second-order valence-corrected chi connectivity index (χ2v) is 6.66. The van der Waals surface area contributed by atoms with Crippen LogP contribution in [0.2, 0.25) is 0 Å². The summed E-state index contributed by atoms with van der Waals surface area (Å²) in [5, 5.41) is 0. The van der Waals surface area contributed by atoms with Gasteiger partial charge in [-0.25, -0.2) is 0 Å². The largest absolute Gasteiger partial charge is 0.309 e. The van der Waals surface area contributed by atoms with E-state index in [0.717, 1.165) is 11.7 Å². The Morgan fingerprint density at radius 3 is 2.11 bits per heavy atom. The van der Waals surface area contributed by atoms with Crippen molar-refractivity contribution in [3.05, 3.63) is 0 Å². The van der Waals surface area contributed by atoms with Crippen LogP contribution in [0.4, 0.5) is 0 Å². The van der Waals surface area contributed by atoms with Crippen LogP contribution in [0.25, 0.3) is 0 Å². The Labute approximate surface area is 120 Å². The number of hydrogen-bond donors (Lipinski definition) is 1. The van der Waals surface area contributed by atoms with Crippen LogP contribution in [-0.4, -0.2) is 55.8 Å². The molecule has 1 fully saturated rings. The second kappa shape index (κ2) is 7.76. The second-order valence-electron chi connectivity index (χ2n) is 6.35. The minimum Gasteiger partial charge on any atom is -0.309 e. The highest BCUT2D eigenvalue weighted by Gasteiger charge is 2.29. The highest BCUT2D eigenvalue weighted by molar-refractivity contribution is 7.80. The van der Waals surface area contributed by atoms with Crippen LogP contribution in [0.5, 0.6) is 0 Å². The molecule has 0 aromatic rings. The van der Waals surface area contributed by atoms with E-state index in [4.69, 9.17) is 0 Å². The fourth-order valence-corrected chi connectivity index (χ4v) is 3.61. The molecule has 1 aliphatic heterocycles. The Morgan fingerprint density at radius 2 is 1.72 bits per heavy atom. The van der Waals surface area contributed by atoms with E-state index in [2.05, 4.69) is 50.4 Å². The van der Waals surface area contributed by atoms with Crippen LogP contribution in [-0.2, 0) is 0 Å². The Balaban J connectivity index is 2.38. The van der Waals surface area contributed by atoms with Gasteiger partial charge < -0.3 is 9.80 Å². The summed E-state index contributed by atoms with van der Waals surface area (Å²) < 4.78 is 0. The van der Waals surface area contributed by atoms with E-state index in [0.29, 0.717) is 5.41 Å². The molecule has 1 aliphatic rings. The molecule has 0 radical (unpaired) electrons. The lowest BCUT2D eigenvalue weighted by Gasteiger charge is -2.40. The Bertz CT molecular complexity index is 210. The van der Waals surface area contributed by atoms with Gasteiger partial charge in [0.15, 0.2) is 0 Å². The zero-order valence-electron chi connectivity index (χ0n) is 12.8. The number of likely N-dealkylation sites (tertiary alicyclic amines) is 1. The topological polar surface area (TPSA) is 6.48 Å². The molecule has 0 amide bonds. The molecule has 0 N–H and O–H groups in total. The van der Waals surface area contributed by atoms with Crippen molar-refractivity contribution >= 4 is 12.6 Å². The van der Waals surface area contributed by atoms with Crippen molar-refractivity contribution in [3.8, 4) is 0 Å². The van der Waals surface area contributed by atoms with Gasteiger partial charge in [-0.3, -0.25) is 0 Å². The van der Waals surface area contributed by atoms with Crippen LogP contribution in [0.3, 0.4) is 0 Å². The third-order valence-corrected chi connectivity index (χ3v) is 5.40. The maximum absolute atomic E-state index is 4.59. The van der Waals surface area contributed by atoms with Gasteiger partial charge in [0.05, 0.1) is 0 Å². The number of rotatable bonds is 7. The maximum Gasteiger partial charge on any atom is 0.00456 e. The Kier molecular flexibility index (Phi) is 7.04. The summed E-state index contributed by atoms with van der Waals surface area (Å²) in [5.74, 6) is 1.93. The fourth-order valence-electron chi connectivity index (χ4n) is 3.07. The van der Waals surface area contributed by atoms with Crippen LogP contribution < -0.4 is 0 Å². The van der Waals surface area contributed by atoms with Gasteiger partial charge in [-0.05, 0) is 70.0 Å². The molecule has 108 valence electrons. The van der Waals surface area contributed by atoms with Gasteiger partial charge in [0.25, 0.3) is 0 Å². The molecule has 0 aliphatic carbocycles. The molecule has 1 rings (SSSR count). The van der Waals surface area contributed by atoms with Crippen LogP contribution in [0.1, 0.15) is 39.5 Å². The SMILES string of the molecule is CCC(CC)(CS)CN1CCC(CN(C)C)CC1. The molecule has 0 spiro atoms. The van der Waals surface area contributed by atoms with Gasteiger partial charge in [0, 0.05) is 13.1 Å². The van der Waals surface area contributed by atoms with E-state index in [1.54, 1.807) is 0 Å². The predicted octanol–water partition coefficient (Wildman–Crippen LogP) is 3.00. The Morgan fingerprint density at radius 1 is 1.17 bits per heavy atom. The summed E-state index contributed by atoms with van der Waals surface area (Å²) in [7, 11) is 4.37. The van der Waals surface area contributed by atoms with Crippen LogP contribution in [0, 0.1) is 11.3 Å². The Hall–Kier alpha value is 0.270. The average Bonchev–Trinajstić information content (AvgIpc) is 2.38. The van der Waals surface area contributed by atoms with Crippen molar-refractivity contribution < 1.29 is 0 Å². The average molecular weight is 273 g/mol. The van der Waals surface area contributed by atoms with E-state index in [-0.39, 0.29) is 0 Å². The predicted molar refractivity (Wildman–Crippen MR) is 84.6 cm³/mol. The molecular formula is C15H32N2S. The molecule has 18 heavy (non-hydrogen) atoms. The van der Waals surface area contributed by atoms with Crippen molar-refractivity contribution in [2.24, 2.45) is 11.3 Å². The molecule has 0 bridgehead atoms. The molecule has 0 aromatic heterocycles. The van der Waals surface area contributed by atoms with Crippen molar-refractivity contribution in [1.82, 2.24) is 9.80 Å². The first kappa shape index (κ1) is 16.3. The zero-order chi connectivity index (χ0) is 13.6. The van der Waals surface area contributed by atoms with E-state index >= 15 is 0 Å². The lowest BCUT2D eigenvalue weighted by molar-refractivity contribution is 0.107. The molecule has 0 saturated carbocycles. The maximum atomic E-state index is 4.59. The number of piperidine rings is 1. The molecule has 0 aromatic carbocycles. The first-order chi connectivity index (χ1) is 8.55. The summed E-state index contributed by atoms with van der Waals surface area (Å²) in [6.07, 6.45) is 5.25. The van der Waals surface area contributed by atoms with E-state index < -0.39 is 0 Å². The number of hydrogen-bond acceptors (Lipinski definition) is 3. The summed E-state index contributed by atoms with van der Waals surface area (Å²) in [6, 6.07) is 0. The highest BCUT2D eigenvalue weighted by atomic mass is 32.1. The third-order valence-electron chi connectivity index (χ3n) is 4.72. The van der Waals surface area contributed by atoms with E-state index in [1.807, 2.05) is 0 Å². The smallest absolute Gasteiger partial charge is 0.00456 e. The molecule has 0 unspecified atom stereocenters. The third kappa shape index (κ3) is 4.75. The fraction of sp³-hybridized carbons (Fsp3) is 1.00. The minimum absolute atomic E-state index is 0.442. The molecule has 2 nitrogen and oxygen atoms in total. The van der Waals surface area contributed by atoms with E-state index in [1.165, 1.54) is 51.9 Å². The molecule has 1 heterocycles. The molecule has 3 heteroatoms. The van der Waals surface area contributed by atoms with Gasteiger partial charge in [-0.15, -0.1) is 0 Å². The minimum atomic E-state index is 0.442. The van der Waals surface area contributed by atoms with Crippen molar-refractivity contribution in [2.45, 2.75) is 39.5 Å². The molecule has 0 atom stereocenters. The van der Waals surface area contributed by atoms with E-state index in [9.17, 15) is 0 Å². The van der Waals surface area contributed by atoms with Crippen molar-refractivity contribution in [2.75, 3.05) is 46.0 Å². The van der Waals surface area contributed by atoms with Gasteiger partial charge in [-0.1, -0.05) is 13.8 Å². The lowest BCUT2D eigenvalue weighted by Crippen LogP contribution is -2.44. The van der Waals surface area contributed by atoms with Crippen molar-refractivity contribution in [3.63, 3.8) is 0 Å². The first-order valence-corrected chi connectivity index (χ1v) is 8.16. The summed E-state index contributed by atoms with van der Waals surface area (Å²) in [6.45, 7) is 9.71. The monoisotopic (exact) mass is 272 g/mol. The standard InChI is InChI=1S/C15H32N2S/c1-5-15(6-2,13-18)12-17-9-7-14(8-10-17)11-16(3)4/h14,18H,5-13H2,1-4H3. The summed E-state index contributed by atoms with van der Waals surface area (Å²) in [5.41, 5.74) is 0.442. The number of nitrogens with zero attached hydrogens (tertiary/aromatic N) is 2. The van der Waals surface area contributed by atoms with Gasteiger partial charge >= 0.3 is 0 Å². The first-order valence-electron chi connectivity index (χ1n) is 7.53. The van der Waals surface area contributed by atoms with Crippen LogP contribution >= 0.6 is 12.6 Å². The lowest BCUT2D eigenvalue weighted by atomic mass is 9.83. The van der Waals surface area contributed by atoms with Crippen LogP contribution in [0.15, 0.2) is 0 Å². The van der Waals surface area contributed by atoms with Crippen molar-refractivity contribution in [1.29, 1.82) is 0 Å². The van der Waals surface area contributed by atoms with Gasteiger partial charge in [0.1, 0.15) is 0 Å². The summed E-state index contributed by atoms with van der Waals surface area (Å²) >= 11 is 4.59. The number of thiol groups is 1. The normalized spacial score (nSPS) is 19.7. The van der Waals surface area contributed by atoms with Gasteiger partial charge in [-0.2, -0.15) is 12.6 Å². The molecular weight excluding hydrogens is 240 g/mol. The zero-order valence-corrected chi connectivity index (χ0v) is 13.7. The summed E-state index contributed by atoms with van der Waals surface area (Å²) in [4.78, 5) is 5.01. The highest BCUT2D eigenvalue weighted by Crippen LogP contribution is 2.30. The van der Waals surface area contributed by atoms with Gasteiger partial charge in [0.2, 0.25) is 0 Å². The molecule has 1 saturated heterocycles.